The van der Waals surface area contributed by atoms with Crippen LogP contribution in [-0.2, 0) is 18.9 Å². The summed E-state index contributed by atoms with van der Waals surface area (Å²) in [4.78, 5) is 0. The van der Waals surface area contributed by atoms with Crippen LogP contribution >= 0.6 is 0 Å². The van der Waals surface area contributed by atoms with Crippen molar-refractivity contribution in [2.45, 2.75) is 33.7 Å². The number of nitrogens with one attached hydrogen (secondary N) is 2. The quantitative estimate of drug-likeness (QED) is 0.271. The fourth-order valence-electron chi connectivity index (χ4n) is 1.60. The van der Waals surface area contributed by atoms with E-state index in [9.17, 15) is 5.11 Å². The van der Waals surface area contributed by atoms with E-state index in [1.54, 1.807) is 0 Å². The molecule has 0 aromatic rings. The maximum atomic E-state index is 9.41. The molecular weight excluding hydrogens is 312 g/mol. The van der Waals surface area contributed by atoms with Crippen molar-refractivity contribution < 1.29 is 24.1 Å². The van der Waals surface area contributed by atoms with Crippen LogP contribution in [0.4, 0.5) is 0 Å². The van der Waals surface area contributed by atoms with Crippen LogP contribution in [0.25, 0.3) is 0 Å². The summed E-state index contributed by atoms with van der Waals surface area (Å²) in [6, 6.07) is 0.492. The number of aliphatic hydroxyl groups is 1. The second kappa shape index (κ2) is 17.0. The van der Waals surface area contributed by atoms with E-state index in [1.165, 1.54) is 0 Å². The van der Waals surface area contributed by atoms with E-state index in [1.807, 2.05) is 13.8 Å². The maximum Gasteiger partial charge on any atom is 0.182 e. The van der Waals surface area contributed by atoms with Gasteiger partial charge in [0.05, 0.1) is 52.9 Å². The van der Waals surface area contributed by atoms with E-state index in [-0.39, 0.29) is 5.88 Å². The van der Waals surface area contributed by atoms with Gasteiger partial charge >= 0.3 is 0 Å². The van der Waals surface area contributed by atoms with Gasteiger partial charge in [-0.15, -0.1) is 0 Å². The molecule has 0 heterocycles. The normalized spacial score (nSPS) is 11.0. The molecule has 0 fully saturated rings. The zero-order chi connectivity index (χ0) is 18.0. The number of aliphatic hydroxyl groups excluding tert-OH is 1. The molecule has 0 rings (SSSR count). The topological polar surface area (TPSA) is 81.2 Å². The molecule has 7 heteroatoms. The number of rotatable bonds is 17. The van der Waals surface area contributed by atoms with Gasteiger partial charge in [0.1, 0.15) is 0 Å². The van der Waals surface area contributed by atoms with Gasteiger partial charge in [-0.2, -0.15) is 0 Å². The average molecular weight is 348 g/mol. The SMILES string of the molecule is CC(C)=C(O)NCCOCCOCCOCCOCCNC(C)C. The Balaban J connectivity index is 3.09. The predicted molar refractivity (Wildman–Crippen MR) is 95.4 cm³/mol. The summed E-state index contributed by atoms with van der Waals surface area (Å²) in [5.41, 5.74) is 0.857. The predicted octanol–water partition coefficient (Wildman–Crippen LogP) is 1.45. The first-order valence-corrected chi connectivity index (χ1v) is 8.68. The first kappa shape index (κ1) is 23.1. The van der Waals surface area contributed by atoms with Crippen LogP contribution in [0, 0.1) is 0 Å². The molecule has 0 aliphatic heterocycles. The van der Waals surface area contributed by atoms with E-state index in [0.29, 0.717) is 65.4 Å². The van der Waals surface area contributed by atoms with Crippen LogP contribution < -0.4 is 10.6 Å². The van der Waals surface area contributed by atoms with Crippen molar-refractivity contribution in [3.8, 4) is 0 Å². The van der Waals surface area contributed by atoms with Crippen molar-refractivity contribution >= 4 is 0 Å². The Bertz CT molecular complexity index is 307. The van der Waals surface area contributed by atoms with Crippen LogP contribution in [0.15, 0.2) is 11.5 Å². The van der Waals surface area contributed by atoms with E-state index in [0.717, 1.165) is 12.1 Å². The second-order valence-corrected chi connectivity index (χ2v) is 5.83. The molecule has 0 aliphatic carbocycles. The van der Waals surface area contributed by atoms with Crippen LogP contribution in [0.2, 0.25) is 0 Å². The first-order chi connectivity index (χ1) is 11.5. The van der Waals surface area contributed by atoms with Crippen molar-refractivity contribution in [3.05, 3.63) is 11.5 Å². The molecule has 0 atom stereocenters. The van der Waals surface area contributed by atoms with Gasteiger partial charge in [0.15, 0.2) is 5.88 Å². The molecule has 0 unspecified atom stereocenters. The van der Waals surface area contributed by atoms with Gasteiger partial charge in [-0.1, -0.05) is 13.8 Å². The van der Waals surface area contributed by atoms with E-state index in [4.69, 9.17) is 18.9 Å². The smallest absolute Gasteiger partial charge is 0.182 e. The Kier molecular flexibility index (Phi) is 16.4. The fraction of sp³-hybridized carbons (Fsp3) is 0.882. The third-order valence-corrected chi connectivity index (χ3v) is 2.93. The Labute approximate surface area is 146 Å². The fourth-order valence-corrected chi connectivity index (χ4v) is 1.60. The molecule has 0 saturated heterocycles. The Morgan fingerprint density at radius 3 is 1.58 bits per heavy atom. The van der Waals surface area contributed by atoms with Gasteiger partial charge in [0.2, 0.25) is 0 Å². The molecule has 7 nitrogen and oxygen atoms in total. The van der Waals surface area contributed by atoms with Gasteiger partial charge < -0.3 is 34.7 Å². The number of allylic oxidation sites excluding steroid dienone is 1. The maximum absolute atomic E-state index is 9.41. The van der Waals surface area contributed by atoms with E-state index < -0.39 is 0 Å². The molecule has 0 aromatic heterocycles. The van der Waals surface area contributed by atoms with Gasteiger partial charge in [-0.3, -0.25) is 0 Å². The Morgan fingerprint density at radius 2 is 1.17 bits per heavy atom. The van der Waals surface area contributed by atoms with Crippen molar-refractivity contribution in [2.75, 3.05) is 65.9 Å². The molecular formula is C17H36N2O5. The molecule has 0 saturated carbocycles. The lowest BCUT2D eigenvalue weighted by Crippen LogP contribution is -2.27. The highest BCUT2D eigenvalue weighted by atomic mass is 16.6. The minimum absolute atomic E-state index is 0.215. The molecule has 144 valence electrons. The molecule has 0 amide bonds. The number of hydrogen-bond acceptors (Lipinski definition) is 7. The van der Waals surface area contributed by atoms with Crippen molar-refractivity contribution in [2.24, 2.45) is 0 Å². The molecule has 0 aromatic carbocycles. The minimum atomic E-state index is 0.215. The number of hydrogen-bond donors (Lipinski definition) is 3. The lowest BCUT2D eigenvalue weighted by atomic mass is 10.4. The molecule has 3 N–H and O–H groups in total. The summed E-state index contributed by atoms with van der Waals surface area (Å²) in [6.45, 7) is 13.9. The third-order valence-electron chi connectivity index (χ3n) is 2.93. The lowest BCUT2D eigenvalue weighted by Gasteiger charge is -2.09. The van der Waals surface area contributed by atoms with E-state index >= 15 is 0 Å². The zero-order valence-corrected chi connectivity index (χ0v) is 15.7. The molecule has 0 aliphatic rings. The summed E-state index contributed by atoms with van der Waals surface area (Å²) < 4.78 is 21.6. The first-order valence-electron chi connectivity index (χ1n) is 8.68. The largest absolute Gasteiger partial charge is 0.495 e. The average Bonchev–Trinajstić information content (AvgIpc) is 2.53. The molecule has 0 bridgehead atoms. The van der Waals surface area contributed by atoms with Crippen LogP contribution in [-0.4, -0.2) is 77.1 Å². The molecule has 24 heavy (non-hydrogen) atoms. The highest BCUT2D eigenvalue weighted by Crippen LogP contribution is 1.93. The van der Waals surface area contributed by atoms with Crippen molar-refractivity contribution in [1.82, 2.24) is 10.6 Å². The van der Waals surface area contributed by atoms with Crippen LogP contribution in [0.3, 0.4) is 0 Å². The standard InChI is InChI=1S/C17H36N2O5/c1-15(2)17(20)19-6-8-22-10-12-24-14-13-23-11-9-21-7-5-18-16(3)4/h16,18-20H,5-14H2,1-4H3. The second-order valence-electron chi connectivity index (χ2n) is 5.83. The zero-order valence-electron chi connectivity index (χ0n) is 15.7. The summed E-state index contributed by atoms with van der Waals surface area (Å²) in [6.07, 6.45) is 0. The highest BCUT2D eigenvalue weighted by molar-refractivity contribution is 4.98. The Hall–Kier alpha value is -0.860. The number of ether oxygens (including phenoxy) is 4. The van der Waals surface area contributed by atoms with Gasteiger partial charge in [0.25, 0.3) is 0 Å². The van der Waals surface area contributed by atoms with Crippen molar-refractivity contribution in [3.63, 3.8) is 0 Å². The molecule has 0 radical (unpaired) electrons. The third kappa shape index (κ3) is 17.5. The molecule has 0 spiro atoms. The van der Waals surface area contributed by atoms with Crippen LogP contribution in [0.1, 0.15) is 27.7 Å². The van der Waals surface area contributed by atoms with E-state index in [2.05, 4.69) is 24.5 Å². The highest BCUT2D eigenvalue weighted by Gasteiger charge is 1.95. The van der Waals surface area contributed by atoms with Crippen LogP contribution in [0.5, 0.6) is 0 Å². The summed E-state index contributed by atoms with van der Waals surface area (Å²) in [5, 5.41) is 15.6. The monoisotopic (exact) mass is 348 g/mol. The summed E-state index contributed by atoms with van der Waals surface area (Å²) >= 11 is 0. The Morgan fingerprint density at radius 1 is 0.750 bits per heavy atom. The summed E-state index contributed by atoms with van der Waals surface area (Å²) in [7, 11) is 0. The minimum Gasteiger partial charge on any atom is -0.495 e. The van der Waals surface area contributed by atoms with Gasteiger partial charge in [0, 0.05) is 19.1 Å². The lowest BCUT2D eigenvalue weighted by molar-refractivity contribution is -0.00121. The summed E-state index contributed by atoms with van der Waals surface area (Å²) in [5.74, 6) is 0.215. The van der Waals surface area contributed by atoms with Crippen molar-refractivity contribution in [1.29, 1.82) is 0 Å². The van der Waals surface area contributed by atoms with Gasteiger partial charge in [-0.05, 0) is 19.4 Å². The van der Waals surface area contributed by atoms with Gasteiger partial charge in [-0.25, -0.2) is 0 Å².